The molecule has 9 aromatic rings. The summed E-state index contributed by atoms with van der Waals surface area (Å²) in [7, 11) is 0. The topological polar surface area (TPSA) is 11.4 Å². The van der Waals surface area contributed by atoms with E-state index in [1.807, 2.05) is 0 Å². The number of rotatable bonds is 3. The number of hydrogen-bond donors (Lipinski definition) is 0. The van der Waals surface area contributed by atoms with E-state index >= 15 is 0 Å². The second-order valence-electron chi connectivity index (χ2n) is 19.6. The highest BCUT2D eigenvalue weighted by Gasteiger charge is 2.61. The van der Waals surface area contributed by atoms with Crippen LogP contribution in [0.1, 0.15) is 71.4 Å². The zero-order valence-corrected chi connectivity index (χ0v) is 35.2. The molecule has 0 N–H and O–H groups in total. The smallest absolute Gasteiger partial charge is 0.252 e. The molecular weight excluding hydrogens is 725 g/mol. The van der Waals surface area contributed by atoms with Crippen LogP contribution in [0.25, 0.3) is 49.0 Å². The van der Waals surface area contributed by atoms with Gasteiger partial charge in [-0.3, -0.25) is 0 Å². The molecule has 1 saturated carbocycles. The van der Waals surface area contributed by atoms with Crippen LogP contribution in [0.15, 0.2) is 152 Å². The van der Waals surface area contributed by atoms with Gasteiger partial charge in [-0.15, -0.1) is 0 Å². The minimum Gasteiger partial charge on any atom is -0.335 e. The van der Waals surface area contributed by atoms with E-state index in [1.54, 1.807) is 0 Å². The summed E-state index contributed by atoms with van der Waals surface area (Å²) in [6.45, 7) is 12.4. The van der Waals surface area contributed by atoms with Gasteiger partial charge >= 0.3 is 0 Å². The Morgan fingerprint density at radius 2 is 1.17 bits per heavy atom. The number of fused-ring (bicyclic) bond motifs is 15. The molecule has 4 heterocycles. The van der Waals surface area contributed by atoms with Gasteiger partial charge in [0.25, 0.3) is 6.71 Å². The van der Waals surface area contributed by atoms with Crippen LogP contribution in [-0.4, -0.2) is 16.8 Å². The van der Waals surface area contributed by atoms with Gasteiger partial charge in [0.2, 0.25) is 0 Å². The van der Waals surface area contributed by atoms with Crippen LogP contribution in [0.5, 0.6) is 0 Å². The fraction of sp³-hybridized carbons (Fsp3) is 0.214. The number of benzene rings is 8. The molecule has 0 saturated heterocycles. The maximum Gasteiger partial charge on any atom is 0.252 e. The van der Waals surface area contributed by atoms with Crippen molar-refractivity contribution in [3.05, 3.63) is 163 Å². The molecule has 3 nitrogen and oxygen atoms in total. The first kappa shape index (κ1) is 34.6. The molecule has 290 valence electrons. The van der Waals surface area contributed by atoms with Crippen LogP contribution in [-0.2, 0) is 10.8 Å². The molecule has 13 rings (SSSR count). The van der Waals surface area contributed by atoms with E-state index in [1.165, 1.54) is 119 Å². The normalized spacial score (nSPS) is 19.9. The first-order chi connectivity index (χ1) is 29.2. The van der Waals surface area contributed by atoms with Gasteiger partial charge in [0.05, 0.1) is 16.7 Å². The Morgan fingerprint density at radius 1 is 0.550 bits per heavy atom. The van der Waals surface area contributed by atoms with Gasteiger partial charge in [-0.25, -0.2) is 0 Å². The summed E-state index contributed by atoms with van der Waals surface area (Å²) in [6, 6.07) is 57.9. The molecule has 1 aromatic heterocycles. The Labute approximate surface area is 353 Å². The number of aromatic nitrogens is 1. The molecule has 8 aromatic carbocycles. The highest BCUT2D eigenvalue weighted by atomic mass is 15.3. The van der Waals surface area contributed by atoms with Crippen molar-refractivity contribution in [1.82, 2.24) is 4.57 Å². The predicted octanol–water partition coefficient (Wildman–Crippen LogP) is 12.7. The molecular formula is C56H48BN3. The zero-order valence-electron chi connectivity index (χ0n) is 35.2. The standard InChI is InChI=1S/C56H48BN3/c1-54(2,3)35-31-43-49-41-25-14-12-23-39(41)40-24-13-15-26-42(40)52(49)59-47-33-38(58(36-19-8-6-9-20-36)37-21-10-7-11-22-37)34-48-50(47)57(46(32-35)51(43)59)45-28-18-27-44-53(45)60(48)56(5)30-17-16-29-55(44,56)4/h6-15,18-28,31-34H,16-17,29-30H2,1-5H3. The van der Waals surface area contributed by atoms with E-state index in [4.69, 9.17) is 0 Å². The van der Waals surface area contributed by atoms with Crippen molar-refractivity contribution >= 4 is 94.9 Å². The van der Waals surface area contributed by atoms with Crippen molar-refractivity contribution in [2.45, 2.75) is 76.7 Å². The molecule has 1 fully saturated rings. The minimum absolute atomic E-state index is 0.0330. The van der Waals surface area contributed by atoms with Gasteiger partial charge in [-0.1, -0.05) is 150 Å². The summed E-state index contributed by atoms with van der Waals surface area (Å²) in [5, 5.41) is 7.97. The number of anilines is 5. The lowest BCUT2D eigenvalue weighted by Crippen LogP contribution is -2.64. The lowest BCUT2D eigenvalue weighted by molar-refractivity contribution is 0.195. The van der Waals surface area contributed by atoms with Crippen molar-refractivity contribution in [3.8, 4) is 5.69 Å². The summed E-state index contributed by atoms with van der Waals surface area (Å²) in [5.41, 5.74) is 17.5. The predicted molar refractivity (Wildman–Crippen MR) is 257 cm³/mol. The maximum atomic E-state index is 2.87. The summed E-state index contributed by atoms with van der Waals surface area (Å²) < 4.78 is 2.72. The molecule has 3 aliphatic heterocycles. The quantitative estimate of drug-likeness (QED) is 0.131. The molecule has 4 aliphatic rings. The number of nitrogens with zero attached hydrogens (tertiary/aromatic N) is 3. The third-order valence-electron chi connectivity index (χ3n) is 15.6. The highest BCUT2D eigenvalue weighted by Crippen LogP contribution is 2.62. The van der Waals surface area contributed by atoms with Crippen LogP contribution in [0.2, 0.25) is 0 Å². The molecule has 0 amide bonds. The molecule has 0 bridgehead atoms. The zero-order chi connectivity index (χ0) is 40.3. The SMILES string of the molecule is CC(C)(C)c1cc2c3c(c1)c1c4ccccc4c4ccccc4c1n3-c1cc(N(c3ccccc3)c3ccccc3)cc3c1B2c1cccc2c1N3C1(C)CCCCC21C. The largest absolute Gasteiger partial charge is 0.335 e. The Kier molecular flexibility index (Phi) is 6.76. The van der Waals surface area contributed by atoms with E-state index in [0.717, 1.165) is 11.4 Å². The van der Waals surface area contributed by atoms with Crippen LogP contribution < -0.4 is 26.2 Å². The molecule has 60 heavy (non-hydrogen) atoms. The van der Waals surface area contributed by atoms with E-state index < -0.39 is 0 Å². The van der Waals surface area contributed by atoms with E-state index in [-0.39, 0.29) is 23.1 Å². The van der Waals surface area contributed by atoms with Gasteiger partial charge < -0.3 is 14.4 Å². The summed E-state index contributed by atoms with van der Waals surface area (Å²) in [4.78, 5) is 5.36. The van der Waals surface area contributed by atoms with Crippen LogP contribution in [0.4, 0.5) is 28.4 Å². The second-order valence-corrected chi connectivity index (χ2v) is 19.6. The molecule has 1 aliphatic carbocycles. The molecule has 2 atom stereocenters. The summed E-state index contributed by atoms with van der Waals surface area (Å²) in [6.07, 6.45) is 4.89. The van der Waals surface area contributed by atoms with Crippen LogP contribution in [0, 0.1) is 0 Å². The summed E-state index contributed by atoms with van der Waals surface area (Å²) >= 11 is 0. The molecule has 2 unspecified atom stereocenters. The molecule has 0 spiro atoms. The highest BCUT2D eigenvalue weighted by molar-refractivity contribution is 7.00. The van der Waals surface area contributed by atoms with E-state index in [0.29, 0.717) is 0 Å². The lowest BCUT2D eigenvalue weighted by Gasteiger charge is -2.52. The van der Waals surface area contributed by atoms with E-state index in [9.17, 15) is 0 Å². The summed E-state index contributed by atoms with van der Waals surface area (Å²) in [5.74, 6) is 0. The van der Waals surface area contributed by atoms with Gasteiger partial charge in [0.15, 0.2) is 0 Å². The van der Waals surface area contributed by atoms with Crippen LogP contribution >= 0.6 is 0 Å². The fourth-order valence-electron chi connectivity index (χ4n) is 12.6. The third kappa shape index (κ3) is 4.22. The van der Waals surface area contributed by atoms with Crippen molar-refractivity contribution in [2.24, 2.45) is 0 Å². The minimum atomic E-state index is -0.0735. The lowest BCUT2D eigenvalue weighted by atomic mass is 9.33. The maximum absolute atomic E-state index is 2.87. The number of hydrogen-bond acceptors (Lipinski definition) is 2. The Hall–Kier alpha value is -6.26. The fourth-order valence-corrected chi connectivity index (χ4v) is 12.6. The van der Waals surface area contributed by atoms with Crippen molar-refractivity contribution in [3.63, 3.8) is 0 Å². The van der Waals surface area contributed by atoms with Gasteiger partial charge in [0.1, 0.15) is 0 Å². The number of para-hydroxylation sites is 3. The van der Waals surface area contributed by atoms with Gasteiger partial charge in [-0.2, -0.15) is 0 Å². The van der Waals surface area contributed by atoms with Crippen molar-refractivity contribution in [1.29, 1.82) is 0 Å². The van der Waals surface area contributed by atoms with Gasteiger partial charge in [-0.05, 0) is 111 Å². The average molecular weight is 774 g/mol. The first-order valence-corrected chi connectivity index (χ1v) is 22.1. The Balaban J connectivity index is 1.27. The van der Waals surface area contributed by atoms with Crippen molar-refractivity contribution in [2.75, 3.05) is 9.80 Å². The van der Waals surface area contributed by atoms with Gasteiger partial charge in [0, 0.05) is 55.5 Å². The Morgan fingerprint density at radius 3 is 1.87 bits per heavy atom. The third-order valence-corrected chi connectivity index (χ3v) is 15.6. The first-order valence-electron chi connectivity index (χ1n) is 22.1. The van der Waals surface area contributed by atoms with Crippen molar-refractivity contribution < 1.29 is 0 Å². The second kappa shape index (κ2) is 11.7. The molecule has 0 radical (unpaired) electrons. The van der Waals surface area contributed by atoms with Crippen LogP contribution in [0.3, 0.4) is 0 Å². The molecule has 4 heteroatoms. The Bertz CT molecular complexity index is 3260. The monoisotopic (exact) mass is 773 g/mol. The average Bonchev–Trinajstić information content (AvgIpc) is 3.73. The van der Waals surface area contributed by atoms with E-state index in [2.05, 4.69) is 201 Å².